The maximum atomic E-state index is 14.0. The maximum Gasteiger partial charge on any atom is 0.257 e. The van der Waals surface area contributed by atoms with Gasteiger partial charge in [0.2, 0.25) is 10.0 Å². The summed E-state index contributed by atoms with van der Waals surface area (Å²) in [7, 11) is -3.63. The lowest BCUT2D eigenvalue weighted by Gasteiger charge is -2.35. The van der Waals surface area contributed by atoms with Gasteiger partial charge in [-0.25, -0.2) is 12.8 Å². The van der Waals surface area contributed by atoms with Crippen molar-refractivity contribution in [1.82, 2.24) is 14.1 Å². The Morgan fingerprint density at radius 3 is 2.03 bits per heavy atom. The fourth-order valence-corrected chi connectivity index (χ4v) is 5.41. The smallest absolute Gasteiger partial charge is 0.257 e. The van der Waals surface area contributed by atoms with Crippen LogP contribution in [0.15, 0.2) is 47.4 Å². The summed E-state index contributed by atoms with van der Waals surface area (Å²) in [5.41, 5.74) is 0.260. The number of halogens is 2. The predicted octanol–water partition coefficient (Wildman–Crippen LogP) is 2.10. The number of carbonyl (C=O) groups is 2. The second-order valence-corrected chi connectivity index (χ2v) is 10.1. The van der Waals surface area contributed by atoms with E-state index >= 15 is 0 Å². The fourth-order valence-electron chi connectivity index (χ4n) is 3.83. The van der Waals surface area contributed by atoms with E-state index < -0.39 is 21.7 Å². The second-order valence-electron chi connectivity index (χ2n) is 7.75. The van der Waals surface area contributed by atoms with E-state index in [0.717, 1.165) is 6.07 Å². The van der Waals surface area contributed by atoms with Gasteiger partial charge in [0.25, 0.3) is 11.8 Å². The number of nitrogens with zero attached hydrogens (tertiary/aromatic N) is 3. The van der Waals surface area contributed by atoms with Gasteiger partial charge in [0.1, 0.15) is 5.82 Å². The zero-order valence-electron chi connectivity index (χ0n) is 17.7. The summed E-state index contributed by atoms with van der Waals surface area (Å²) in [4.78, 5) is 28.7. The highest BCUT2D eigenvalue weighted by atomic mass is 35.5. The van der Waals surface area contributed by atoms with E-state index in [1.165, 1.54) is 45.6 Å². The van der Waals surface area contributed by atoms with Crippen LogP contribution in [0.3, 0.4) is 0 Å². The molecule has 0 atom stereocenters. The van der Waals surface area contributed by atoms with Gasteiger partial charge in [0.15, 0.2) is 0 Å². The molecule has 2 aromatic rings. The minimum absolute atomic E-state index is 0.0978. The topological polar surface area (TPSA) is 87.2 Å². The number of sulfonamides is 1. The van der Waals surface area contributed by atoms with Crippen molar-refractivity contribution in [2.45, 2.75) is 4.90 Å². The summed E-state index contributed by atoms with van der Waals surface area (Å²) in [5, 5.41) is 0.271. The van der Waals surface area contributed by atoms with Gasteiger partial charge in [0, 0.05) is 49.9 Å². The molecule has 176 valence electrons. The molecule has 0 bridgehead atoms. The molecule has 8 nitrogen and oxygen atoms in total. The molecule has 2 fully saturated rings. The van der Waals surface area contributed by atoms with Crippen LogP contribution in [-0.4, -0.2) is 86.8 Å². The molecule has 0 aromatic heterocycles. The van der Waals surface area contributed by atoms with Crippen LogP contribution in [0.25, 0.3) is 0 Å². The number of ether oxygens (including phenoxy) is 1. The first kappa shape index (κ1) is 23.6. The third-order valence-electron chi connectivity index (χ3n) is 5.72. The van der Waals surface area contributed by atoms with Crippen LogP contribution < -0.4 is 0 Å². The number of benzene rings is 2. The number of carbonyl (C=O) groups excluding carboxylic acids is 2. The molecule has 0 spiro atoms. The first-order valence-corrected chi connectivity index (χ1v) is 12.3. The van der Waals surface area contributed by atoms with Gasteiger partial charge in [-0.2, -0.15) is 4.31 Å². The van der Waals surface area contributed by atoms with Crippen molar-refractivity contribution in [3.63, 3.8) is 0 Å². The number of rotatable bonds is 4. The molecule has 11 heteroatoms. The number of piperazine rings is 1. The first-order chi connectivity index (χ1) is 15.8. The maximum absolute atomic E-state index is 14.0. The van der Waals surface area contributed by atoms with E-state index in [2.05, 4.69) is 0 Å². The van der Waals surface area contributed by atoms with Crippen molar-refractivity contribution < 1.29 is 27.1 Å². The van der Waals surface area contributed by atoms with Crippen LogP contribution in [0.1, 0.15) is 20.7 Å². The normalized spacial score (nSPS) is 17.8. The molecule has 0 saturated carbocycles. The molecule has 2 saturated heterocycles. The number of amides is 2. The van der Waals surface area contributed by atoms with Crippen LogP contribution in [-0.2, 0) is 14.8 Å². The van der Waals surface area contributed by atoms with Crippen LogP contribution in [0.2, 0.25) is 5.02 Å². The van der Waals surface area contributed by atoms with E-state index in [9.17, 15) is 22.4 Å². The third-order valence-corrected chi connectivity index (χ3v) is 7.87. The summed E-state index contributed by atoms with van der Waals surface area (Å²) in [5.74, 6) is -1.37. The highest BCUT2D eigenvalue weighted by molar-refractivity contribution is 7.89. The lowest BCUT2D eigenvalue weighted by molar-refractivity contribution is 0.0533. The monoisotopic (exact) mass is 495 g/mol. The first-order valence-electron chi connectivity index (χ1n) is 10.5. The van der Waals surface area contributed by atoms with Crippen LogP contribution in [0.5, 0.6) is 0 Å². The summed E-state index contributed by atoms with van der Waals surface area (Å²) >= 11 is 5.88. The Bertz CT molecular complexity index is 1150. The molecule has 2 aliphatic rings. The third kappa shape index (κ3) is 5.03. The number of hydrogen-bond acceptors (Lipinski definition) is 5. The lowest BCUT2D eigenvalue weighted by Crippen LogP contribution is -2.50. The van der Waals surface area contributed by atoms with Crippen LogP contribution in [0, 0.1) is 5.82 Å². The molecule has 0 N–H and O–H groups in total. The van der Waals surface area contributed by atoms with E-state index in [0.29, 0.717) is 31.9 Å². The quantitative estimate of drug-likeness (QED) is 0.648. The zero-order valence-corrected chi connectivity index (χ0v) is 19.3. The summed E-state index contributed by atoms with van der Waals surface area (Å²) in [6.07, 6.45) is 0. The molecule has 2 heterocycles. The number of hydrogen-bond donors (Lipinski definition) is 0. The van der Waals surface area contributed by atoms with Crippen molar-refractivity contribution in [2.75, 3.05) is 52.5 Å². The van der Waals surface area contributed by atoms with Crippen LogP contribution in [0.4, 0.5) is 4.39 Å². The molecule has 0 radical (unpaired) electrons. The Morgan fingerprint density at radius 1 is 0.848 bits per heavy atom. The van der Waals surface area contributed by atoms with Crippen molar-refractivity contribution in [1.29, 1.82) is 0 Å². The SMILES string of the molecule is O=C(c1ccc(S(=O)(=O)N2CCOCC2)cc1)N1CCN(C(=O)c2cc(Cl)ccc2F)CC1. The Labute approximate surface area is 196 Å². The van der Waals surface area contributed by atoms with Gasteiger partial charge in [-0.1, -0.05) is 11.6 Å². The second kappa shape index (κ2) is 9.76. The van der Waals surface area contributed by atoms with Gasteiger partial charge in [-0.05, 0) is 42.5 Å². The van der Waals surface area contributed by atoms with Gasteiger partial charge >= 0.3 is 0 Å². The Kier molecular flexibility index (Phi) is 6.99. The molecule has 0 aliphatic carbocycles. The predicted molar refractivity (Wildman–Crippen MR) is 119 cm³/mol. The average molecular weight is 496 g/mol. The Morgan fingerprint density at radius 2 is 1.42 bits per heavy atom. The zero-order chi connectivity index (χ0) is 23.6. The Hall–Kier alpha value is -2.53. The van der Waals surface area contributed by atoms with Crippen LogP contribution >= 0.6 is 11.6 Å². The molecule has 0 unspecified atom stereocenters. The van der Waals surface area contributed by atoms with Gasteiger partial charge in [0.05, 0.1) is 23.7 Å². The molecule has 4 rings (SSSR count). The van der Waals surface area contributed by atoms with E-state index in [1.54, 1.807) is 4.90 Å². The van der Waals surface area contributed by atoms with E-state index in [1.807, 2.05) is 0 Å². The molecule has 33 heavy (non-hydrogen) atoms. The largest absolute Gasteiger partial charge is 0.379 e. The van der Waals surface area contributed by atoms with E-state index in [-0.39, 0.29) is 47.6 Å². The van der Waals surface area contributed by atoms with Crippen molar-refractivity contribution >= 4 is 33.4 Å². The van der Waals surface area contributed by atoms with Crippen molar-refractivity contribution in [2.24, 2.45) is 0 Å². The standard InChI is InChI=1S/C22H23ClFN3O5S/c23-17-3-6-20(24)19(15-17)22(29)26-9-7-25(8-10-26)21(28)16-1-4-18(5-2-16)33(30,31)27-11-13-32-14-12-27/h1-6,15H,7-14H2. The lowest BCUT2D eigenvalue weighted by atomic mass is 10.1. The van der Waals surface area contributed by atoms with Gasteiger partial charge in [-0.15, -0.1) is 0 Å². The fraction of sp³-hybridized carbons (Fsp3) is 0.364. The molecule has 2 amide bonds. The highest BCUT2D eigenvalue weighted by Gasteiger charge is 2.29. The van der Waals surface area contributed by atoms with E-state index in [4.69, 9.17) is 16.3 Å². The van der Waals surface area contributed by atoms with Gasteiger partial charge in [-0.3, -0.25) is 9.59 Å². The molecule has 2 aliphatic heterocycles. The average Bonchev–Trinajstić information content (AvgIpc) is 2.85. The summed E-state index contributed by atoms with van der Waals surface area (Å²) < 4.78 is 46.1. The minimum atomic E-state index is -3.63. The number of morpholine rings is 1. The molecule has 2 aromatic carbocycles. The highest BCUT2D eigenvalue weighted by Crippen LogP contribution is 2.20. The summed E-state index contributed by atoms with van der Waals surface area (Å²) in [6.45, 7) is 2.36. The van der Waals surface area contributed by atoms with Gasteiger partial charge < -0.3 is 14.5 Å². The Balaban J connectivity index is 1.38. The molecular formula is C22H23ClFN3O5S. The van der Waals surface area contributed by atoms with Crippen molar-refractivity contribution in [3.05, 3.63) is 64.4 Å². The van der Waals surface area contributed by atoms with Crippen molar-refractivity contribution in [3.8, 4) is 0 Å². The minimum Gasteiger partial charge on any atom is -0.379 e. The molecular weight excluding hydrogens is 473 g/mol. The summed E-state index contributed by atoms with van der Waals surface area (Å²) in [6, 6.07) is 9.67.